The second kappa shape index (κ2) is 5.25. The van der Waals surface area contributed by atoms with E-state index in [1.807, 2.05) is 0 Å². The molecular weight excluding hydrogens is 304 g/mol. The van der Waals surface area contributed by atoms with Crippen molar-refractivity contribution >= 4 is 23.8 Å². The Labute approximate surface area is 148 Å². The van der Waals surface area contributed by atoms with E-state index >= 15 is 0 Å². The van der Waals surface area contributed by atoms with Gasteiger partial charge in [0.1, 0.15) is 0 Å². The Kier molecular flexibility index (Phi) is 3.01. The first-order chi connectivity index (χ1) is 12.2. The number of rotatable bonds is 2. The van der Waals surface area contributed by atoms with Gasteiger partial charge in [0.05, 0.1) is 0 Å². The third kappa shape index (κ3) is 2.18. The molecule has 0 spiro atoms. The number of hydrogen-bond acceptors (Lipinski definition) is 0. The lowest BCUT2D eigenvalue weighted by atomic mass is 9.90. The predicted molar refractivity (Wildman–Crippen MR) is 102 cm³/mol. The van der Waals surface area contributed by atoms with E-state index in [1.165, 1.54) is 39.2 Å². The molecule has 3 aromatic rings. The van der Waals surface area contributed by atoms with E-state index in [0.717, 1.165) is 0 Å². The maximum absolute atomic E-state index is 2.37. The topological polar surface area (TPSA) is 6.02 Å². The van der Waals surface area contributed by atoms with E-state index in [1.54, 1.807) is 0 Å². The molecule has 0 amide bonds. The van der Waals surface area contributed by atoms with E-state index in [9.17, 15) is 0 Å². The average molecular weight is 324 g/mol. The number of nitrogens with zero attached hydrogens (tertiary/aromatic N) is 2. The molecular formula is C23H20N2+2. The highest BCUT2D eigenvalue weighted by atomic mass is 15.3. The Morgan fingerprint density at radius 3 is 1.52 bits per heavy atom. The number of hydrogen-bond donors (Lipinski definition) is 0. The van der Waals surface area contributed by atoms with Crippen LogP contribution in [0.25, 0.3) is 0 Å². The van der Waals surface area contributed by atoms with Gasteiger partial charge in [-0.2, -0.15) is 0 Å². The maximum Gasteiger partial charge on any atom is 0.393 e. The Hall–Kier alpha value is -3.00. The first-order valence-corrected chi connectivity index (χ1v) is 8.73. The second-order valence-corrected chi connectivity index (χ2v) is 6.98. The van der Waals surface area contributed by atoms with Gasteiger partial charge in [-0.3, -0.25) is 0 Å². The van der Waals surface area contributed by atoms with Gasteiger partial charge in [-0.15, -0.1) is 9.15 Å². The van der Waals surface area contributed by atoms with Crippen LogP contribution in [0.5, 0.6) is 0 Å². The number of aryl methyl sites for hydroxylation is 2. The van der Waals surface area contributed by atoms with Crippen molar-refractivity contribution in [3.05, 3.63) is 94.5 Å². The lowest BCUT2D eigenvalue weighted by molar-refractivity contribution is -0.763. The monoisotopic (exact) mass is 324 g/mol. The fourth-order valence-corrected chi connectivity index (χ4v) is 3.71. The molecule has 120 valence electrons. The first-order valence-electron chi connectivity index (χ1n) is 8.73. The van der Waals surface area contributed by atoms with Crippen LogP contribution >= 0.6 is 0 Å². The minimum absolute atomic E-state index is 0.328. The summed E-state index contributed by atoms with van der Waals surface area (Å²) in [6, 6.07) is 24.0. The summed E-state index contributed by atoms with van der Waals surface area (Å²) in [5.74, 6) is 0. The van der Waals surface area contributed by atoms with Crippen LogP contribution in [0, 0.1) is 13.8 Å². The van der Waals surface area contributed by atoms with E-state index < -0.39 is 0 Å². The van der Waals surface area contributed by atoms with Crippen LogP contribution in [0.15, 0.2) is 66.7 Å². The number of benzene rings is 3. The second-order valence-electron chi connectivity index (χ2n) is 6.98. The average Bonchev–Trinajstić information content (AvgIpc) is 2.60. The standard InChI is InChI=1S/C23H20N2/c1-16-6-10-18(11-7-16)14-24-20-4-3-5-21-22(20)23(24)25(21)15-19-12-8-17(2)9-13-19/h3-15,23H,1-2H3/q+2/b24-14-,25-15-. The summed E-state index contributed by atoms with van der Waals surface area (Å²) in [6.07, 6.45) is 4.84. The highest BCUT2D eigenvalue weighted by Gasteiger charge is 2.62. The van der Waals surface area contributed by atoms with Crippen molar-refractivity contribution in [1.29, 1.82) is 0 Å². The summed E-state index contributed by atoms with van der Waals surface area (Å²) in [7, 11) is 0. The lowest BCUT2D eigenvalue weighted by Gasteiger charge is -2.31. The molecule has 0 unspecified atom stereocenters. The van der Waals surface area contributed by atoms with Crippen molar-refractivity contribution in [3.63, 3.8) is 0 Å². The van der Waals surface area contributed by atoms with Crippen molar-refractivity contribution in [2.75, 3.05) is 0 Å². The highest BCUT2D eigenvalue weighted by molar-refractivity contribution is 5.81. The van der Waals surface area contributed by atoms with Crippen molar-refractivity contribution in [3.8, 4) is 0 Å². The fraction of sp³-hybridized carbons (Fsp3) is 0.130. The molecule has 0 N–H and O–H groups in total. The van der Waals surface area contributed by atoms with Gasteiger partial charge in [0.2, 0.25) is 16.9 Å². The van der Waals surface area contributed by atoms with Crippen molar-refractivity contribution in [2.24, 2.45) is 0 Å². The molecule has 0 bridgehead atoms. The SMILES string of the molecule is Cc1ccc(/C=[N+]2/c3cccc4c3C2/[N+]4=C\c2ccc(C)cc2)cc1. The highest BCUT2D eigenvalue weighted by Crippen LogP contribution is 2.56. The Morgan fingerprint density at radius 1 is 0.640 bits per heavy atom. The van der Waals surface area contributed by atoms with Gasteiger partial charge in [0.15, 0.2) is 12.4 Å². The molecule has 2 aliphatic heterocycles. The maximum atomic E-state index is 2.37. The van der Waals surface area contributed by atoms with Crippen molar-refractivity contribution in [1.82, 2.24) is 0 Å². The van der Waals surface area contributed by atoms with Crippen LogP contribution < -0.4 is 0 Å². The molecule has 0 fully saturated rings. The summed E-state index contributed by atoms with van der Waals surface area (Å²) >= 11 is 0. The van der Waals surface area contributed by atoms with E-state index in [4.69, 9.17) is 0 Å². The van der Waals surface area contributed by atoms with Crippen molar-refractivity contribution < 1.29 is 9.15 Å². The van der Waals surface area contributed by atoms with Gasteiger partial charge in [-0.05, 0) is 44.2 Å². The van der Waals surface area contributed by atoms with E-state index in [-0.39, 0.29) is 0 Å². The largest absolute Gasteiger partial charge is 0.393 e. The molecule has 0 saturated heterocycles. The van der Waals surface area contributed by atoms with Gasteiger partial charge in [0, 0.05) is 23.3 Å². The molecule has 25 heavy (non-hydrogen) atoms. The van der Waals surface area contributed by atoms with Crippen LogP contribution in [0.1, 0.15) is 34.0 Å². The zero-order chi connectivity index (χ0) is 17.0. The minimum Gasteiger partial charge on any atom is -0.131 e. The zero-order valence-corrected chi connectivity index (χ0v) is 14.5. The minimum atomic E-state index is 0.328. The zero-order valence-electron chi connectivity index (χ0n) is 14.5. The molecule has 0 radical (unpaired) electrons. The molecule has 0 aromatic heterocycles. The van der Waals surface area contributed by atoms with Crippen LogP contribution in [-0.4, -0.2) is 21.6 Å². The molecule has 3 aromatic carbocycles. The first kappa shape index (κ1) is 14.4. The van der Waals surface area contributed by atoms with Gasteiger partial charge < -0.3 is 0 Å². The van der Waals surface area contributed by atoms with Crippen LogP contribution in [0.2, 0.25) is 0 Å². The quantitative estimate of drug-likeness (QED) is 0.594. The summed E-state index contributed by atoms with van der Waals surface area (Å²) < 4.78 is 4.75. The molecule has 5 rings (SSSR count). The summed E-state index contributed by atoms with van der Waals surface area (Å²) in [4.78, 5) is 0. The fourth-order valence-electron chi connectivity index (χ4n) is 3.71. The summed E-state index contributed by atoms with van der Waals surface area (Å²) in [6.45, 7) is 4.25. The molecule has 2 nitrogen and oxygen atoms in total. The molecule has 2 aliphatic rings. The molecule has 0 aliphatic carbocycles. The molecule has 0 atom stereocenters. The van der Waals surface area contributed by atoms with E-state index in [0.29, 0.717) is 6.17 Å². The third-order valence-electron chi connectivity index (χ3n) is 5.13. The third-order valence-corrected chi connectivity index (χ3v) is 5.13. The molecule has 0 saturated carbocycles. The van der Waals surface area contributed by atoms with Crippen LogP contribution in [-0.2, 0) is 0 Å². The Balaban J connectivity index is 1.57. The van der Waals surface area contributed by atoms with Gasteiger partial charge in [-0.1, -0.05) is 35.4 Å². The summed E-state index contributed by atoms with van der Waals surface area (Å²) in [5.41, 5.74) is 9.19. The normalized spacial score (nSPS) is 20.2. The van der Waals surface area contributed by atoms with Crippen LogP contribution in [0.3, 0.4) is 0 Å². The molecule has 2 heterocycles. The Bertz CT molecular complexity index is 957. The van der Waals surface area contributed by atoms with Crippen molar-refractivity contribution in [2.45, 2.75) is 20.0 Å². The molecule has 2 heteroatoms. The van der Waals surface area contributed by atoms with Gasteiger partial charge >= 0.3 is 6.17 Å². The van der Waals surface area contributed by atoms with Gasteiger partial charge in [-0.25, -0.2) is 0 Å². The van der Waals surface area contributed by atoms with E-state index in [2.05, 4.69) is 102 Å². The van der Waals surface area contributed by atoms with Gasteiger partial charge in [0.25, 0.3) is 0 Å². The summed E-state index contributed by atoms with van der Waals surface area (Å²) in [5, 5.41) is 0. The smallest absolute Gasteiger partial charge is 0.131 e. The lowest BCUT2D eigenvalue weighted by Crippen LogP contribution is -2.43. The Morgan fingerprint density at radius 2 is 1.08 bits per heavy atom. The van der Waals surface area contributed by atoms with Crippen LogP contribution in [0.4, 0.5) is 11.4 Å². The predicted octanol–water partition coefficient (Wildman–Crippen LogP) is 4.86.